The summed E-state index contributed by atoms with van der Waals surface area (Å²) in [4.78, 5) is 28.9. The van der Waals surface area contributed by atoms with Crippen LogP contribution in [-0.4, -0.2) is 28.8 Å². The molecule has 3 rings (SSSR count). The van der Waals surface area contributed by atoms with E-state index in [1.165, 1.54) is 31.0 Å². The number of aliphatic imine (C=N–C) groups is 1. The first-order chi connectivity index (χ1) is 14.6. The zero-order valence-corrected chi connectivity index (χ0v) is 17.9. The van der Waals surface area contributed by atoms with Crippen molar-refractivity contribution >= 4 is 40.1 Å². The number of benzene rings is 2. The zero-order chi connectivity index (χ0) is 21.2. The number of carbonyl (C=O) groups is 2. The van der Waals surface area contributed by atoms with Gasteiger partial charge in [0.1, 0.15) is 11.0 Å². The number of ether oxygens (including phenoxy) is 1. The van der Waals surface area contributed by atoms with Crippen LogP contribution in [0.2, 0.25) is 0 Å². The van der Waals surface area contributed by atoms with Crippen LogP contribution in [0, 0.1) is 0 Å². The predicted molar refractivity (Wildman–Crippen MR) is 122 cm³/mol. The summed E-state index contributed by atoms with van der Waals surface area (Å²) < 4.78 is 5.71. The molecule has 2 aromatic rings. The van der Waals surface area contributed by atoms with Gasteiger partial charge in [0.25, 0.3) is 0 Å². The van der Waals surface area contributed by atoms with Gasteiger partial charge in [-0.25, -0.2) is 4.99 Å². The Bertz CT molecular complexity index is 869. The second-order valence-corrected chi connectivity index (χ2v) is 8.23. The van der Waals surface area contributed by atoms with Crippen LogP contribution in [0.15, 0.2) is 59.6 Å². The number of carbonyl (C=O) groups excluding carboxylic acids is 2. The van der Waals surface area contributed by atoms with Gasteiger partial charge >= 0.3 is 0 Å². The summed E-state index contributed by atoms with van der Waals surface area (Å²) in [5.41, 5.74) is 1.44. The van der Waals surface area contributed by atoms with Crippen LogP contribution >= 0.6 is 11.8 Å². The van der Waals surface area contributed by atoms with Gasteiger partial charge in [-0.1, -0.05) is 56.1 Å². The van der Waals surface area contributed by atoms with Crippen molar-refractivity contribution < 1.29 is 14.3 Å². The molecule has 0 bridgehead atoms. The summed E-state index contributed by atoms with van der Waals surface area (Å²) in [6, 6.07) is 16.7. The molecule has 0 aliphatic carbocycles. The van der Waals surface area contributed by atoms with E-state index in [-0.39, 0.29) is 18.2 Å². The number of unbranched alkanes of at least 4 members (excludes halogenated alkanes) is 3. The largest absolute Gasteiger partial charge is 0.494 e. The summed E-state index contributed by atoms with van der Waals surface area (Å²) in [6.45, 7) is 2.88. The molecule has 7 heteroatoms. The third-order valence-electron chi connectivity index (χ3n) is 4.54. The van der Waals surface area contributed by atoms with Crippen molar-refractivity contribution in [3.05, 3.63) is 54.6 Å². The summed E-state index contributed by atoms with van der Waals surface area (Å²) in [6.07, 6.45) is 4.74. The first-order valence-electron chi connectivity index (χ1n) is 10.3. The minimum Gasteiger partial charge on any atom is -0.494 e. The summed E-state index contributed by atoms with van der Waals surface area (Å²) in [7, 11) is 0. The fourth-order valence-electron chi connectivity index (χ4n) is 2.95. The number of amidine groups is 1. The lowest BCUT2D eigenvalue weighted by atomic mass is 10.2. The number of anilines is 1. The van der Waals surface area contributed by atoms with Crippen molar-refractivity contribution in [2.45, 2.75) is 44.3 Å². The number of hydrogen-bond donors (Lipinski definition) is 2. The lowest BCUT2D eigenvalue weighted by Gasteiger charge is -2.09. The lowest BCUT2D eigenvalue weighted by Crippen LogP contribution is -2.28. The third-order valence-corrected chi connectivity index (χ3v) is 5.62. The van der Waals surface area contributed by atoms with E-state index in [0.29, 0.717) is 17.5 Å². The number of nitrogens with one attached hydrogen (secondary N) is 2. The minimum absolute atomic E-state index is 0.0833. The van der Waals surface area contributed by atoms with Gasteiger partial charge in [0, 0.05) is 12.1 Å². The number of thioether (sulfide) groups is 1. The molecule has 6 nitrogen and oxygen atoms in total. The van der Waals surface area contributed by atoms with Crippen molar-refractivity contribution in [1.82, 2.24) is 5.32 Å². The molecule has 1 heterocycles. The molecule has 1 fully saturated rings. The van der Waals surface area contributed by atoms with Crippen molar-refractivity contribution in [2.24, 2.45) is 4.99 Å². The van der Waals surface area contributed by atoms with Crippen LogP contribution in [0.1, 0.15) is 39.0 Å². The van der Waals surface area contributed by atoms with Gasteiger partial charge in [-0.05, 0) is 42.8 Å². The average Bonchev–Trinajstić information content (AvgIpc) is 3.08. The zero-order valence-electron chi connectivity index (χ0n) is 17.1. The number of amides is 2. The Kier molecular flexibility index (Phi) is 8.32. The van der Waals surface area contributed by atoms with Gasteiger partial charge in [-0.3, -0.25) is 9.59 Å². The first kappa shape index (κ1) is 21.9. The van der Waals surface area contributed by atoms with E-state index >= 15 is 0 Å². The Labute approximate surface area is 181 Å². The molecule has 2 amide bonds. The summed E-state index contributed by atoms with van der Waals surface area (Å²) >= 11 is 1.28. The van der Waals surface area contributed by atoms with E-state index in [9.17, 15) is 9.59 Å². The maximum atomic E-state index is 12.4. The molecule has 0 radical (unpaired) electrons. The molecule has 1 aliphatic heterocycles. The maximum absolute atomic E-state index is 12.4. The smallest absolute Gasteiger partial charge is 0.240 e. The van der Waals surface area contributed by atoms with Gasteiger partial charge in [-0.2, -0.15) is 0 Å². The van der Waals surface area contributed by atoms with E-state index in [1.54, 1.807) is 0 Å². The summed E-state index contributed by atoms with van der Waals surface area (Å²) in [5.74, 6) is 0.380. The van der Waals surface area contributed by atoms with Crippen LogP contribution in [0.3, 0.4) is 0 Å². The number of nitrogens with zero attached hydrogens (tertiary/aromatic N) is 1. The standard InChI is InChI=1S/C23H27N3O3S/c1-2-3-4-8-15-29-19-13-11-18(12-14-19)24-21(27)16-20-22(28)26-23(30-20)25-17-9-6-5-7-10-17/h5-7,9-14,20H,2-4,8,15-16H2,1H3,(H,24,27)(H,25,26,28). The Morgan fingerprint density at radius 3 is 2.60 bits per heavy atom. The molecule has 1 aliphatic rings. The molecule has 1 saturated heterocycles. The molecule has 2 aromatic carbocycles. The van der Waals surface area contributed by atoms with Gasteiger partial charge in [-0.15, -0.1) is 0 Å². The van der Waals surface area contributed by atoms with Crippen LogP contribution < -0.4 is 15.4 Å². The molecule has 1 unspecified atom stereocenters. The Morgan fingerprint density at radius 2 is 1.87 bits per heavy atom. The maximum Gasteiger partial charge on any atom is 0.240 e. The molecule has 2 N–H and O–H groups in total. The van der Waals surface area contributed by atoms with Gasteiger partial charge < -0.3 is 15.4 Å². The highest BCUT2D eigenvalue weighted by Crippen LogP contribution is 2.25. The van der Waals surface area contributed by atoms with Gasteiger partial charge in [0.15, 0.2) is 5.17 Å². The topological polar surface area (TPSA) is 79.8 Å². The predicted octanol–water partition coefficient (Wildman–Crippen LogP) is 4.89. The van der Waals surface area contributed by atoms with E-state index < -0.39 is 5.25 Å². The Hall–Kier alpha value is -2.80. The molecular weight excluding hydrogens is 398 g/mol. The first-order valence-corrected chi connectivity index (χ1v) is 11.2. The van der Waals surface area contributed by atoms with Crippen LogP contribution in [-0.2, 0) is 9.59 Å². The van der Waals surface area contributed by atoms with Gasteiger partial charge in [0.05, 0.1) is 12.3 Å². The highest BCUT2D eigenvalue weighted by molar-refractivity contribution is 8.15. The quantitative estimate of drug-likeness (QED) is 0.531. The highest BCUT2D eigenvalue weighted by Gasteiger charge is 2.32. The average molecular weight is 426 g/mol. The van der Waals surface area contributed by atoms with Crippen molar-refractivity contribution in [3.63, 3.8) is 0 Å². The molecular formula is C23H27N3O3S. The second-order valence-electron chi connectivity index (χ2n) is 7.03. The van der Waals surface area contributed by atoms with Crippen molar-refractivity contribution in [3.8, 4) is 5.75 Å². The molecule has 30 heavy (non-hydrogen) atoms. The molecule has 1 atom stereocenters. The molecule has 0 spiro atoms. The highest BCUT2D eigenvalue weighted by atomic mass is 32.2. The molecule has 0 aromatic heterocycles. The fraction of sp³-hybridized carbons (Fsp3) is 0.348. The Balaban J connectivity index is 1.45. The molecule has 0 saturated carbocycles. The lowest BCUT2D eigenvalue weighted by molar-refractivity contribution is -0.122. The van der Waals surface area contributed by atoms with E-state index in [0.717, 1.165) is 17.9 Å². The van der Waals surface area contributed by atoms with Crippen LogP contribution in [0.4, 0.5) is 11.4 Å². The van der Waals surface area contributed by atoms with E-state index in [4.69, 9.17) is 4.74 Å². The Morgan fingerprint density at radius 1 is 1.10 bits per heavy atom. The fourth-order valence-corrected chi connectivity index (χ4v) is 3.93. The second kappa shape index (κ2) is 11.4. The van der Waals surface area contributed by atoms with Crippen LogP contribution in [0.25, 0.3) is 0 Å². The monoisotopic (exact) mass is 425 g/mol. The van der Waals surface area contributed by atoms with Crippen LogP contribution in [0.5, 0.6) is 5.75 Å². The normalized spacial score (nSPS) is 17.0. The van der Waals surface area contributed by atoms with E-state index in [1.807, 2.05) is 54.6 Å². The number of hydrogen-bond acceptors (Lipinski definition) is 5. The SMILES string of the molecule is CCCCCCOc1ccc(NC(=O)CC2SC(=Nc3ccccc3)NC2=O)cc1. The molecule has 158 valence electrons. The summed E-state index contributed by atoms with van der Waals surface area (Å²) in [5, 5.41) is 5.61. The van der Waals surface area contributed by atoms with Gasteiger partial charge in [0.2, 0.25) is 11.8 Å². The minimum atomic E-state index is -0.488. The van der Waals surface area contributed by atoms with Crippen molar-refractivity contribution in [2.75, 3.05) is 11.9 Å². The number of rotatable bonds is 10. The number of para-hydroxylation sites is 1. The third kappa shape index (κ3) is 6.91. The van der Waals surface area contributed by atoms with E-state index in [2.05, 4.69) is 22.5 Å². The van der Waals surface area contributed by atoms with Crippen molar-refractivity contribution in [1.29, 1.82) is 0 Å².